The Hall–Kier alpha value is -3.75. The van der Waals surface area contributed by atoms with Crippen LogP contribution in [0.3, 0.4) is 0 Å². The zero-order chi connectivity index (χ0) is 21.3. The lowest BCUT2D eigenvalue weighted by atomic mass is 10.2. The van der Waals surface area contributed by atoms with Gasteiger partial charge in [0, 0.05) is 49.7 Å². The number of H-pyrrole nitrogens is 1. The quantitative estimate of drug-likeness (QED) is 0.510. The first-order chi connectivity index (χ1) is 14.4. The van der Waals surface area contributed by atoms with Crippen LogP contribution in [0.4, 0.5) is 11.8 Å². The Labute approximate surface area is 174 Å². The van der Waals surface area contributed by atoms with Crippen LogP contribution in [0.1, 0.15) is 37.2 Å². The van der Waals surface area contributed by atoms with Crippen LogP contribution in [0.15, 0.2) is 43.0 Å². The lowest BCUT2D eigenvalue weighted by molar-refractivity contribution is 0.102. The van der Waals surface area contributed by atoms with Crippen LogP contribution in [0.5, 0.6) is 0 Å². The second-order valence-electron chi connectivity index (χ2n) is 7.35. The number of carbonyl (C=O) groups is 1. The normalized spacial score (nSPS) is 11.2. The molecule has 4 rings (SSSR count). The molecule has 0 atom stereocenters. The van der Waals surface area contributed by atoms with Crippen molar-refractivity contribution < 1.29 is 4.79 Å². The third kappa shape index (κ3) is 3.86. The van der Waals surface area contributed by atoms with Gasteiger partial charge < -0.3 is 15.2 Å². The molecule has 4 aromatic heterocycles. The predicted molar refractivity (Wildman–Crippen MR) is 117 cm³/mol. The van der Waals surface area contributed by atoms with E-state index in [4.69, 9.17) is 0 Å². The zero-order valence-electron chi connectivity index (χ0n) is 17.4. The van der Waals surface area contributed by atoms with E-state index >= 15 is 0 Å². The Balaban J connectivity index is 1.57. The Morgan fingerprint density at radius 2 is 2.10 bits per heavy atom. The summed E-state index contributed by atoms with van der Waals surface area (Å²) in [6.45, 7) is 6.88. The number of amides is 1. The minimum Gasteiger partial charge on any atom is -0.353 e. The first kappa shape index (κ1) is 19.6. The van der Waals surface area contributed by atoms with Gasteiger partial charge in [-0.1, -0.05) is 0 Å². The third-order valence-electron chi connectivity index (χ3n) is 4.87. The number of fused-ring (bicyclic) bond motifs is 1. The maximum absolute atomic E-state index is 12.5. The minimum atomic E-state index is -0.247. The van der Waals surface area contributed by atoms with Gasteiger partial charge in [-0.3, -0.25) is 9.48 Å². The van der Waals surface area contributed by atoms with Gasteiger partial charge in [0.25, 0.3) is 5.91 Å². The molecule has 0 aliphatic carbocycles. The fourth-order valence-electron chi connectivity index (χ4n) is 2.98. The third-order valence-corrected chi connectivity index (χ3v) is 4.87. The van der Waals surface area contributed by atoms with Crippen LogP contribution in [0.25, 0.3) is 22.3 Å². The standard InChI is InChI=1S/C21H24N8O/c1-5-28(4)21-22-7-6-16(26-21)18-8-14-10-23-19(9-17(14)25-18)27-20(30)15-11-24-29(12-15)13(2)3/h6-13,25H,5H2,1-4H3,(H,23,27,30). The van der Waals surface area contributed by atoms with Gasteiger partial charge >= 0.3 is 0 Å². The molecule has 2 N–H and O–H groups in total. The average molecular weight is 404 g/mol. The number of hydrogen-bond acceptors (Lipinski definition) is 6. The maximum atomic E-state index is 12.5. The summed E-state index contributed by atoms with van der Waals surface area (Å²) in [4.78, 5) is 31.1. The van der Waals surface area contributed by atoms with E-state index in [9.17, 15) is 4.79 Å². The topological polar surface area (TPSA) is 105 Å². The molecule has 0 saturated carbocycles. The number of pyridine rings is 1. The summed E-state index contributed by atoms with van der Waals surface area (Å²) < 4.78 is 1.74. The van der Waals surface area contributed by atoms with Crippen molar-refractivity contribution in [2.75, 3.05) is 23.8 Å². The largest absolute Gasteiger partial charge is 0.353 e. The van der Waals surface area contributed by atoms with E-state index in [0.29, 0.717) is 17.3 Å². The van der Waals surface area contributed by atoms with Crippen LogP contribution in [-0.2, 0) is 0 Å². The molecule has 0 spiro atoms. The van der Waals surface area contributed by atoms with E-state index < -0.39 is 0 Å². The Morgan fingerprint density at radius 1 is 1.27 bits per heavy atom. The van der Waals surface area contributed by atoms with E-state index in [0.717, 1.165) is 28.8 Å². The number of anilines is 2. The molecular formula is C21H24N8O. The van der Waals surface area contributed by atoms with Gasteiger partial charge in [0.05, 0.1) is 28.7 Å². The summed E-state index contributed by atoms with van der Waals surface area (Å²) in [7, 11) is 1.95. The van der Waals surface area contributed by atoms with Gasteiger partial charge in [-0.2, -0.15) is 5.10 Å². The highest BCUT2D eigenvalue weighted by Gasteiger charge is 2.13. The summed E-state index contributed by atoms with van der Waals surface area (Å²) in [5.74, 6) is 0.887. The molecule has 0 bridgehead atoms. The van der Waals surface area contributed by atoms with Crippen LogP contribution in [0.2, 0.25) is 0 Å². The molecule has 9 heteroatoms. The molecule has 1 amide bonds. The summed E-state index contributed by atoms with van der Waals surface area (Å²) in [5.41, 5.74) is 3.01. The molecule has 0 aliphatic rings. The molecule has 0 aromatic carbocycles. The molecule has 9 nitrogen and oxygen atoms in total. The summed E-state index contributed by atoms with van der Waals surface area (Å²) in [6, 6.07) is 5.85. The first-order valence-electron chi connectivity index (χ1n) is 9.83. The highest BCUT2D eigenvalue weighted by molar-refractivity contribution is 6.04. The Morgan fingerprint density at radius 3 is 2.83 bits per heavy atom. The molecule has 0 radical (unpaired) electrons. The summed E-state index contributed by atoms with van der Waals surface area (Å²) >= 11 is 0. The van der Waals surface area contributed by atoms with Crippen LogP contribution in [0, 0.1) is 0 Å². The van der Waals surface area contributed by atoms with Crippen molar-refractivity contribution in [3.8, 4) is 11.4 Å². The van der Waals surface area contributed by atoms with E-state index in [1.54, 1.807) is 29.5 Å². The number of hydrogen-bond donors (Lipinski definition) is 2. The predicted octanol–water partition coefficient (Wildman–Crippen LogP) is 3.51. The van der Waals surface area contributed by atoms with Crippen molar-refractivity contribution in [2.45, 2.75) is 26.8 Å². The van der Waals surface area contributed by atoms with Crippen LogP contribution in [-0.4, -0.2) is 49.2 Å². The molecule has 0 aliphatic heterocycles. The fraction of sp³-hybridized carbons (Fsp3) is 0.286. The SMILES string of the molecule is CCN(C)c1nccc(-c2cc3cnc(NC(=O)c4cnn(C(C)C)c4)cc3[nH]2)n1. The molecule has 4 heterocycles. The first-order valence-corrected chi connectivity index (χ1v) is 9.83. The fourth-order valence-corrected chi connectivity index (χ4v) is 2.98. The summed E-state index contributed by atoms with van der Waals surface area (Å²) in [5, 5.41) is 7.96. The van der Waals surface area contributed by atoms with E-state index in [1.165, 1.54) is 0 Å². The molecule has 0 unspecified atom stereocenters. The van der Waals surface area contributed by atoms with Crippen molar-refractivity contribution in [3.63, 3.8) is 0 Å². The van der Waals surface area contributed by atoms with Gasteiger partial charge in [-0.15, -0.1) is 0 Å². The molecule has 4 aromatic rings. The van der Waals surface area contributed by atoms with E-state index in [-0.39, 0.29) is 11.9 Å². The van der Waals surface area contributed by atoms with Gasteiger partial charge in [0.1, 0.15) is 5.82 Å². The lowest BCUT2D eigenvalue weighted by Crippen LogP contribution is -2.18. The lowest BCUT2D eigenvalue weighted by Gasteiger charge is -2.14. The zero-order valence-corrected chi connectivity index (χ0v) is 17.4. The highest BCUT2D eigenvalue weighted by Crippen LogP contribution is 2.25. The molecule has 0 fully saturated rings. The number of nitrogens with zero attached hydrogens (tertiary/aromatic N) is 6. The minimum absolute atomic E-state index is 0.192. The van der Waals surface area contributed by atoms with Crippen LogP contribution >= 0.6 is 0 Å². The maximum Gasteiger partial charge on any atom is 0.260 e. The van der Waals surface area contributed by atoms with Gasteiger partial charge in [0.2, 0.25) is 5.95 Å². The second kappa shape index (κ2) is 7.94. The van der Waals surface area contributed by atoms with Crippen molar-refractivity contribution >= 4 is 28.6 Å². The molecule has 154 valence electrons. The van der Waals surface area contributed by atoms with Crippen molar-refractivity contribution in [3.05, 3.63) is 48.5 Å². The number of aromatic nitrogens is 6. The number of carbonyl (C=O) groups excluding carboxylic acids is 1. The Kier molecular flexibility index (Phi) is 5.18. The monoisotopic (exact) mass is 404 g/mol. The van der Waals surface area contributed by atoms with E-state index in [1.807, 2.05) is 50.9 Å². The number of rotatable bonds is 6. The Bertz CT molecular complexity index is 1190. The van der Waals surface area contributed by atoms with Crippen LogP contribution < -0.4 is 10.2 Å². The summed E-state index contributed by atoms with van der Waals surface area (Å²) in [6.07, 6.45) is 6.76. The smallest absolute Gasteiger partial charge is 0.260 e. The molecule has 30 heavy (non-hydrogen) atoms. The highest BCUT2D eigenvalue weighted by atomic mass is 16.1. The van der Waals surface area contributed by atoms with Gasteiger partial charge in [-0.25, -0.2) is 15.0 Å². The van der Waals surface area contributed by atoms with Crippen molar-refractivity contribution in [1.29, 1.82) is 0 Å². The van der Waals surface area contributed by atoms with E-state index in [2.05, 4.69) is 30.4 Å². The average Bonchev–Trinajstić information content (AvgIpc) is 3.40. The molecule has 0 saturated heterocycles. The van der Waals surface area contributed by atoms with Crippen molar-refractivity contribution in [2.24, 2.45) is 0 Å². The van der Waals surface area contributed by atoms with Gasteiger partial charge in [0.15, 0.2) is 0 Å². The number of nitrogens with one attached hydrogen (secondary N) is 2. The van der Waals surface area contributed by atoms with Crippen molar-refractivity contribution in [1.82, 2.24) is 29.7 Å². The molecular weight excluding hydrogens is 380 g/mol. The van der Waals surface area contributed by atoms with Gasteiger partial charge in [-0.05, 0) is 32.9 Å². The second-order valence-corrected chi connectivity index (χ2v) is 7.35. The number of aromatic amines is 1.